The predicted octanol–water partition coefficient (Wildman–Crippen LogP) is 3.34. The fourth-order valence-electron chi connectivity index (χ4n) is 1.88. The van der Waals surface area contributed by atoms with Gasteiger partial charge in [0.15, 0.2) is 0 Å². The number of carbonyl (C=O) groups is 1. The quantitative estimate of drug-likeness (QED) is 0.468. The molecule has 0 unspecified atom stereocenters. The number of rotatable bonds is 7. The first-order valence-electron chi connectivity index (χ1n) is 7.55. The highest BCUT2D eigenvalue weighted by Crippen LogP contribution is 2.15. The molecule has 5 nitrogen and oxygen atoms in total. The Balaban J connectivity index is 1.88. The van der Waals surface area contributed by atoms with E-state index in [0.29, 0.717) is 6.61 Å². The van der Waals surface area contributed by atoms with Crippen molar-refractivity contribution in [2.75, 3.05) is 6.61 Å². The number of unbranched alkanes of at least 4 members (excludes halogenated alkanes) is 1. The summed E-state index contributed by atoms with van der Waals surface area (Å²) in [6.45, 7) is 2.83. The highest BCUT2D eigenvalue weighted by molar-refractivity contribution is 5.97. The summed E-state index contributed by atoms with van der Waals surface area (Å²) in [6, 6.07) is 13.8. The van der Waals surface area contributed by atoms with E-state index in [1.165, 1.54) is 18.3 Å². The molecule has 0 saturated heterocycles. The lowest BCUT2D eigenvalue weighted by Crippen LogP contribution is -2.17. The largest absolute Gasteiger partial charge is 0.507 e. The summed E-state index contributed by atoms with van der Waals surface area (Å²) in [5.41, 5.74) is 3.41. The van der Waals surface area contributed by atoms with Gasteiger partial charge in [0.1, 0.15) is 11.5 Å². The molecule has 0 bridgehead atoms. The molecule has 23 heavy (non-hydrogen) atoms. The van der Waals surface area contributed by atoms with E-state index in [-0.39, 0.29) is 11.3 Å². The minimum Gasteiger partial charge on any atom is -0.507 e. The average Bonchev–Trinajstić information content (AvgIpc) is 2.57. The van der Waals surface area contributed by atoms with E-state index in [0.717, 1.165) is 24.2 Å². The molecule has 2 aromatic carbocycles. The number of benzene rings is 2. The number of nitrogens with zero attached hydrogens (tertiary/aromatic N) is 1. The van der Waals surface area contributed by atoms with Gasteiger partial charge in [-0.25, -0.2) is 5.43 Å². The summed E-state index contributed by atoms with van der Waals surface area (Å²) < 4.78 is 5.57. The van der Waals surface area contributed by atoms with Crippen LogP contribution in [0.1, 0.15) is 35.7 Å². The minimum atomic E-state index is -0.459. The first-order valence-corrected chi connectivity index (χ1v) is 7.55. The molecule has 0 spiro atoms. The fourth-order valence-corrected chi connectivity index (χ4v) is 1.88. The Bertz CT molecular complexity index is 666. The van der Waals surface area contributed by atoms with Crippen LogP contribution in [0.4, 0.5) is 0 Å². The molecule has 120 valence electrons. The Morgan fingerprint density at radius 3 is 2.65 bits per heavy atom. The van der Waals surface area contributed by atoms with Crippen molar-refractivity contribution < 1.29 is 14.6 Å². The lowest BCUT2D eigenvalue weighted by Gasteiger charge is -2.05. The molecule has 0 radical (unpaired) electrons. The van der Waals surface area contributed by atoms with Crippen LogP contribution in [-0.2, 0) is 0 Å². The normalized spacial score (nSPS) is 10.7. The van der Waals surface area contributed by atoms with Gasteiger partial charge < -0.3 is 9.84 Å². The number of hydrogen-bond acceptors (Lipinski definition) is 4. The van der Waals surface area contributed by atoms with Gasteiger partial charge in [0.25, 0.3) is 5.91 Å². The Morgan fingerprint density at radius 1 is 1.22 bits per heavy atom. The van der Waals surface area contributed by atoms with Crippen LogP contribution in [0.25, 0.3) is 0 Å². The standard InChI is InChI=1S/C18H20N2O3/c1-2-3-12-23-15-10-8-14(9-11-15)13-19-20-18(22)16-6-4-5-7-17(16)21/h4-11,13,21H,2-3,12H2,1H3,(H,20,22)/b19-13+. The molecule has 0 aliphatic rings. The van der Waals surface area contributed by atoms with Crippen molar-refractivity contribution in [3.63, 3.8) is 0 Å². The number of hydrogen-bond donors (Lipinski definition) is 2. The highest BCUT2D eigenvalue weighted by atomic mass is 16.5. The molecule has 0 aromatic heterocycles. The van der Waals surface area contributed by atoms with Gasteiger partial charge in [0.2, 0.25) is 0 Å². The second-order valence-corrected chi connectivity index (χ2v) is 4.99. The van der Waals surface area contributed by atoms with Crippen molar-refractivity contribution in [1.29, 1.82) is 0 Å². The Labute approximate surface area is 135 Å². The predicted molar refractivity (Wildman–Crippen MR) is 90.0 cm³/mol. The SMILES string of the molecule is CCCCOc1ccc(/C=N/NC(=O)c2ccccc2O)cc1. The third kappa shape index (κ3) is 5.14. The molecule has 0 heterocycles. The van der Waals surface area contributed by atoms with Gasteiger partial charge in [-0.2, -0.15) is 5.10 Å². The molecular weight excluding hydrogens is 292 g/mol. The number of carbonyl (C=O) groups excluding carboxylic acids is 1. The van der Waals surface area contributed by atoms with Crippen LogP contribution in [0, 0.1) is 0 Å². The summed E-state index contributed by atoms with van der Waals surface area (Å²) in [4.78, 5) is 11.9. The van der Waals surface area contributed by atoms with Crippen LogP contribution in [-0.4, -0.2) is 23.8 Å². The van der Waals surface area contributed by atoms with Crippen molar-refractivity contribution in [2.24, 2.45) is 5.10 Å². The second-order valence-electron chi connectivity index (χ2n) is 4.99. The highest BCUT2D eigenvalue weighted by Gasteiger charge is 2.08. The van der Waals surface area contributed by atoms with Crippen LogP contribution in [0.2, 0.25) is 0 Å². The summed E-state index contributed by atoms with van der Waals surface area (Å²) in [5.74, 6) is 0.279. The molecular formula is C18H20N2O3. The third-order valence-corrected chi connectivity index (χ3v) is 3.18. The number of hydrazone groups is 1. The molecule has 0 fully saturated rings. The molecule has 2 aromatic rings. The van der Waals surface area contributed by atoms with Gasteiger partial charge in [-0.05, 0) is 48.4 Å². The zero-order valence-electron chi connectivity index (χ0n) is 13.0. The maximum absolute atomic E-state index is 11.9. The summed E-state index contributed by atoms with van der Waals surface area (Å²) in [7, 11) is 0. The first-order chi connectivity index (χ1) is 11.2. The Morgan fingerprint density at radius 2 is 1.96 bits per heavy atom. The van der Waals surface area contributed by atoms with Gasteiger partial charge in [-0.3, -0.25) is 4.79 Å². The van der Waals surface area contributed by atoms with Gasteiger partial charge in [0.05, 0.1) is 18.4 Å². The lowest BCUT2D eigenvalue weighted by molar-refractivity contribution is 0.0952. The van der Waals surface area contributed by atoms with Crippen molar-refractivity contribution in [2.45, 2.75) is 19.8 Å². The van der Waals surface area contributed by atoms with Crippen LogP contribution in [0.5, 0.6) is 11.5 Å². The van der Waals surface area contributed by atoms with E-state index in [1.807, 2.05) is 24.3 Å². The van der Waals surface area contributed by atoms with Gasteiger partial charge in [-0.1, -0.05) is 25.5 Å². The van der Waals surface area contributed by atoms with Crippen LogP contribution in [0.3, 0.4) is 0 Å². The van der Waals surface area contributed by atoms with Crippen molar-refractivity contribution in [1.82, 2.24) is 5.43 Å². The van der Waals surface area contributed by atoms with Gasteiger partial charge >= 0.3 is 0 Å². The maximum Gasteiger partial charge on any atom is 0.275 e. The molecule has 0 saturated carbocycles. The van der Waals surface area contributed by atoms with Crippen molar-refractivity contribution >= 4 is 12.1 Å². The van der Waals surface area contributed by atoms with Crippen LogP contribution < -0.4 is 10.2 Å². The van der Waals surface area contributed by atoms with E-state index in [1.54, 1.807) is 12.1 Å². The van der Waals surface area contributed by atoms with Gasteiger partial charge in [-0.15, -0.1) is 0 Å². The third-order valence-electron chi connectivity index (χ3n) is 3.18. The topological polar surface area (TPSA) is 70.9 Å². The fraction of sp³-hybridized carbons (Fsp3) is 0.222. The number of nitrogens with one attached hydrogen (secondary N) is 1. The molecule has 2 N–H and O–H groups in total. The Kier molecular flexibility index (Phi) is 6.17. The van der Waals surface area contributed by atoms with Crippen LogP contribution in [0.15, 0.2) is 53.6 Å². The summed E-state index contributed by atoms with van der Waals surface area (Å²) in [5, 5.41) is 13.5. The summed E-state index contributed by atoms with van der Waals surface area (Å²) >= 11 is 0. The number of phenols is 1. The van der Waals surface area contributed by atoms with E-state index >= 15 is 0 Å². The molecule has 0 aliphatic heterocycles. The number of para-hydroxylation sites is 1. The Hall–Kier alpha value is -2.82. The zero-order valence-corrected chi connectivity index (χ0v) is 13.0. The monoisotopic (exact) mass is 312 g/mol. The molecule has 2 rings (SSSR count). The molecule has 0 atom stereocenters. The zero-order chi connectivity index (χ0) is 16.5. The number of ether oxygens (including phenoxy) is 1. The van der Waals surface area contributed by atoms with Crippen molar-refractivity contribution in [3.8, 4) is 11.5 Å². The number of phenolic OH excluding ortho intramolecular Hbond substituents is 1. The van der Waals surface area contributed by atoms with E-state index in [9.17, 15) is 9.90 Å². The number of aromatic hydroxyl groups is 1. The van der Waals surface area contributed by atoms with Crippen molar-refractivity contribution in [3.05, 3.63) is 59.7 Å². The van der Waals surface area contributed by atoms with E-state index < -0.39 is 5.91 Å². The second kappa shape index (κ2) is 8.58. The smallest absolute Gasteiger partial charge is 0.275 e. The number of amides is 1. The molecule has 0 aliphatic carbocycles. The molecule has 5 heteroatoms. The molecule has 1 amide bonds. The van der Waals surface area contributed by atoms with Crippen LogP contribution >= 0.6 is 0 Å². The maximum atomic E-state index is 11.9. The summed E-state index contributed by atoms with van der Waals surface area (Å²) in [6.07, 6.45) is 3.66. The average molecular weight is 312 g/mol. The van der Waals surface area contributed by atoms with E-state index in [4.69, 9.17) is 4.74 Å². The minimum absolute atomic E-state index is 0.0752. The lowest BCUT2D eigenvalue weighted by atomic mass is 10.2. The van der Waals surface area contributed by atoms with E-state index in [2.05, 4.69) is 17.5 Å². The first kappa shape index (κ1) is 16.5. The van der Waals surface area contributed by atoms with Gasteiger partial charge in [0, 0.05) is 0 Å².